The quantitative estimate of drug-likeness (QED) is 0.618. The first kappa shape index (κ1) is 17.3. The third kappa shape index (κ3) is 3.61. The molecule has 2 aromatic carbocycles. The SMILES string of the molecule is CN(C)c1ccc([C@H]2SCCN2C(=O)c2ccc([N+](=O)[O-])cc2)cc1. The minimum Gasteiger partial charge on any atom is -0.378 e. The lowest BCUT2D eigenvalue weighted by molar-refractivity contribution is -0.384. The maximum atomic E-state index is 12.8. The number of carbonyl (C=O) groups excluding carboxylic acids is 1. The van der Waals surface area contributed by atoms with Crippen LogP contribution in [0.2, 0.25) is 0 Å². The second-order valence-electron chi connectivity index (χ2n) is 6.01. The van der Waals surface area contributed by atoms with E-state index in [9.17, 15) is 14.9 Å². The van der Waals surface area contributed by atoms with Gasteiger partial charge in [0.2, 0.25) is 0 Å². The van der Waals surface area contributed by atoms with Crippen molar-refractivity contribution in [2.75, 3.05) is 31.3 Å². The molecule has 0 bridgehead atoms. The van der Waals surface area contributed by atoms with Crippen molar-refractivity contribution in [3.05, 3.63) is 69.8 Å². The molecule has 1 fully saturated rings. The number of carbonyl (C=O) groups is 1. The van der Waals surface area contributed by atoms with Crippen molar-refractivity contribution in [2.45, 2.75) is 5.37 Å². The first-order valence-corrected chi connectivity index (χ1v) is 8.96. The standard InChI is InChI=1S/C18H19N3O3S/c1-19(2)15-7-5-14(6-8-15)18-20(11-12-25-18)17(22)13-3-9-16(10-4-13)21(23)24/h3-10,18H,11-12H2,1-2H3/t18-/m1/s1. The Balaban J connectivity index is 1.80. The Labute approximate surface area is 150 Å². The number of thioether (sulfide) groups is 1. The summed E-state index contributed by atoms with van der Waals surface area (Å²) < 4.78 is 0. The number of rotatable bonds is 4. The van der Waals surface area contributed by atoms with E-state index in [1.54, 1.807) is 11.8 Å². The smallest absolute Gasteiger partial charge is 0.269 e. The summed E-state index contributed by atoms with van der Waals surface area (Å²) in [6.07, 6.45) is 0. The van der Waals surface area contributed by atoms with E-state index in [1.165, 1.54) is 24.3 Å². The molecule has 1 aliphatic heterocycles. The van der Waals surface area contributed by atoms with Gasteiger partial charge in [0, 0.05) is 49.8 Å². The lowest BCUT2D eigenvalue weighted by Crippen LogP contribution is -2.30. The molecule has 0 N–H and O–H groups in total. The number of nitro benzene ring substituents is 1. The topological polar surface area (TPSA) is 66.7 Å². The molecule has 6 nitrogen and oxygen atoms in total. The largest absolute Gasteiger partial charge is 0.378 e. The monoisotopic (exact) mass is 357 g/mol. The maximum Gasteiger partial charge on any atom is 0.269 e. The lowest BCUT2D eigenvalue weighted by atomic mass is 10.1. The summed E-state index contributed by atoms with van der Waals surface area (Å²) in [5.41, 5.74) is 2.66. The van der Waals surface area contributed by atoms with Gasteiger partial charge in [-0.25, -0.2) is 0 Å². The molecule has 0 spiro atoms. The number of amides is 1. The molecule has 2 aromatic rings. The van der Waals surface area contributed by atoms with Crippen LogP contribution in [0.15, 0.2) is 48.5 Å². The number of nitro groups is 1. The van der Waals surface area contributed by atoms with Gasteiger partial charge in [-0.2, -0.15) is 0 Å². The third-order valence-electron chi connectivity index (χ3n) is 4.17. The Bertz CT molecular complexity index is 775. The van der Waals surface area contributed by atoms with E-state index >= 15 is 0 Å². The zero-order chi connectivity index (χ0) is 18.0. The summed E-state index contributed by atoms with van der Waals surface area (Å²) in [6, 6.07) is 14.0. The van der Waals surface area contributed by atoms with E-state index in [0.29, 0.717) is 12.1 Å². The normalized spacial score (nSPS) is 16.7. The molecule has 0 radical (unpaired) electrons. The van der Waals surface area contributed by atoms with Crippen molar-refractivity contribution in [2.24, 2.45) is 0 Å². The molecule has 1 heterocycles. The van der Waals surface area contributed by atoms with Crippen LogP contribution in [0.25, 0.3) is 0 Å². The molecule has 0 aromatic heterocycles. The third-order valence-corrected chi connectivity index (χ3v) is 5.43. The zero-order valence-corrected chi connectivity index (χ0v) is 14.9. The Morgan fingerprint density at radius 2 is 1.80 bits per heavy atom. The summed E-state index contributed by atoms with van der Waals surface area (Å²) in [4.78, 5) is 27.0. The predicted octanol–water partition coefficient (Wildman–Crippen LogP) is 3.55. The van der Waals surface area contributed by atoms with Crippen molar-refractivity contribution in [3.8, 4) is 0 Å². The van der Waals surface area contributed by atoms with E-state index in [-0.39, 0.29) is 17.0 Å². The van der Waals surface area contributed by atoms with Gasteiger partial charge < -0.3 is 9.80 Å². The first-order valence-electron chi connectivity index (χ1n) is 7.91. The molecule has 0 unspecified atom stereocenters. The molecular weight excluding hydrogens is 338 g/mol. The van der Waals surface area contributed by atoms with Crippen LogP contribution in [0, 0.1) is 10.1 Å². The molecule has 0 saturated carbocycles. The molecular formula is C18H19N3O3S. The van der Waals surface area contributed by atoms with Crippen LogP contribution in [0.4, 0.5) is 11.4 Å². The number of hydrogen-bond acceptors (Lipinski definition) is 5. The molecule has 1 atom stereocenters. The van der Waals surface area contributed by atoms with Crippen LogP contribution in [0.3, 0.4) is 0 Å². The molecule has 1 aliphatic rings. The molecule has 130 valence electrons. The highest BCUT2D eigenvalue weighted by molar-refractivity contribution is 7.99. The first-order chi connectivity index (χ1) is 12.0. The molecule has 7 heteroatoms. The number of benzene rings is 2. The highest BCUT2D eigenvalue weighted by Crippen LogP contribution is 2.39. The average molecular weight is 357 g/mol. The molecule has 1 amide bonds. The molecule has 0 aliphatic carbocycles. The van der Waals surface area contributed by atoms with Crippen molar-refractivity contribution < 1.29 is 9.72 Å². The Morgan fingerprint density at radius 3 is 2.36 bits per heavy atom. The fourth-order valence-electron chi connectivity index (χ4n) is 2.78. The minimum absolute atomic E-state index is 0.0110. The van der Waals surface area contributed by atoms with Gasteiger partial charge in [-0.15, -0.1) is 11.8 Å². The number of non-ortho nitro benzene ring substituents is 1. The average Bonchev–Trinajstić information content (AvgIpc) is 3.11. The number of nitrogens with zero attached hydrogens (tertiary/aromatic N) is 3. The fraction of sp³-hybridized carbons (Fsp3) is 0.278. The van der Waals surface area contributed by atoms with Gasteiger partial charge in [-0.05, 0) is 29.8 Å². The van der Waals surface area contributed by atoms with Crippen molar-refractivity contribution in [1.29, 1.82) is 0 Å². The van der Waals surface area contributed by atoms with Gasteiger partial charge in [0.25, 0.3) is 11.6 Å². The van der Waals surface area contributed by atoms with E-state index in [2.05, 4.69) is 12.1 Å². The van der Waals surface area contributed by atoms with Gasteiger partial charge in [0.15, 0.2) is 0 Å². The van der Waals surface area contributed by atoms with E-state index in [0.717, 1.165) is 17.0 Å². The van der Waals surface area contributed by atoms with E-state index in [4.69, 9.17) is 0 Å². The van der Waals surface area contributed by atoms with E-state index < -0.39 is 4.92 Å². The molecule has 3 rings (SSSR count). The van der Waals surface area contributed by atoms with Crippen LogP contribution < -0.4 is 4.90 Å². The summed E-state index contributed by atoms with van der Waals surface area (Å²) in [7, 11) is 3.98. The summed E-state index contributed by atoms with van der Waals surface area (Å²) in [5.74, 6) is 0.778. The van der Waals surface area contributed by atoms with Crippen molar-refractivity contribution in [3.63, 3.8) is 0 Å². The van der Waals surface area contributed by atoms with Crippen molar-refractivity contribution in [1.82, 2.24) is 4.90 Å². The molecule has 1 saturated heterocycles. The second kappa shape index (κ2) is 7.14. The summed E-state index contributed by atoms with van der Waals surface area (Å²) in [6.45, 7) is 0.667. The highest BCUT2D eigenvalue weighted by Gasteiger charge is 2.31. The minimum atomic E-state index is -0.463. The Hall–Kier alpha value is -2.54. The Morgan fingerprint density at radius 1 is 1.16 bits per heavy atom. The number of hydrogen-bond donors (Lipinski definition) is 0. The van der Waals surface area contributed by atoms with Crippen LogP contribution in [0.5, 0.6) is 0 Å². The van der Waals surface area contributed by atoms with Crippen LogP contribution in [-0.4, -0.2) is 42.1 Å². The van der Waals surface area contributed by atoms with Crippen LogP contribution in [0.1, 0.15) is 21.3 Å². The van der Waals surface area contributed by atoms with Crippen LogP contribution in [-0.2, 0) is 0 Å². The van der Waals surface area contributed by atoms with Crippen molar-refractivity contribution >= 4 is 29.0 Å². The predicted molar refractivity (Wildman–Crippen MR) is 100 cm³/mol. The second-order valence-corrected chi connectivity index (χ2v) is 7.20. The fourth-order valence-corrected chi connectivity index (χ4v) is 4.04. The van der Waals surface area contributed by atoms with E-state index in [1.807, 2.05) is 36.0 Å². The van der Waals surface area contributed by atoms with Gasteiger partial charge in [0.1, 0.15) is 5.37 Å². The summed E-state index contributed by atoms with van der Waals surface area (Å²) in [5, 5.41) is 10.7. The van der Waals surface area contributed by atoms with Gasteiger partial charge in [-0.3, -0.25) is 14.9 Å². The zero-order valence-electron chi connectivity index (χ0n) is 14.1. The maximum absolute atomic E-state index is 12.8. The summed E-state index contributed by atoms with van der Waals surface area (Å²) >= 11 is 1.73. The number of anilines is 1. The lowest BCUT2D eigenvalue weighted by Gasteiger charge is -2.24. The van der Waals surface area contributed by atoms with Gasteiger partial charge in [-0.1, -0.05) is 12.1 Å². The highest BCUT2D eigenvalue weighted by atomic mass is 32.2. The Kier molecular flexibility index (Phi) is 4.94. The van der Waals surface area contributed by atoms with Crippen LogP contribution >= 0.6 is 11.8 Å². The molecule has 25 heavy (non-hydrogen) atoms. The van der Waals surface area contributed by atoms with Gasteiger partial charge >= 0.3 is 0 Å². The van der Waals surface area contributed by atoms with Gasteiger partial charge in [0.05, 0.1) is 4.92 Å².